The Morgan fingerprint density at radius 2 is 0.972 bits per heavy atom. The molecule has 36 heavy (non-hydrogen) atoms. The van der Waals surface area contributed by atoms with Gasteiger partial charge in [-0.3, -0.25) is 0 Å². The van der Waals surface area contributed by atoms with Gasteiger partial charge in [0.25, 0.3) is 0 Å². The van der Waals surface area contributed by atoms with Gasteiger partial charge in [0.2, 0.25) is 0 Å². The van der Waals surface area contributed by atoms with E-state index in [1.54, 1.807) is 23.5 Å². The zero-order valence-electron chi connectivity index (χ0n) is 19.8. The average molecular weight is 501 g/mol. The fourth-order valence-corrected chi connectivity index (χ4v) is 8.49. The number of hydrogen-bond donors (Lipinski definition) is 1. The van der Waals surface area contributed by atoms with E-state index < -0.39 is 10.2 Å². The van der Waals surface area contributed by atoms with E-state index in [2.05, 4.69) is 122 Å². The second-order valence-corrected chi connectivity index (χ2v) is 12.8. The fraction of sp³-hybridized carbons (Fsp3) is 0.0909. The lowest BCUT2D eigenvalue weighted by Crippen LogP contribution is -2.25. The molecule has 1 nitrogen and oxygen atoms in total. The average Bonchev–Trinajstić information content (AvgIpc) is 3.06. The number of fused-ring (bicyclic) bond motifs is 8. The second kappa shape index (κ2) is 8.41. The first-order chi connectivity index (χ1) is 17.6. The van der Waals surface area contributed by atoms with E-state index in [9.17, 15) is 5.11 Å². The van der Waals surface area contributed by atoms with Gasteiger partial charge in [-0.1, -0.05) is 103 Å². The van der Waals surface area contributed by atoms with Gasteiger partial charge < -0.3 is 5.11 Å². The molecule has 0 aliphatic carbocycles. The van der Waals surface area contributed by atoms with Crippen molar-refractivity contribution in [3.8, 4) is 11.1 Å². The van der Waals surface area contributed by atoms with Crippen molar-refractivity contribution in [3.63, 3.8) is 0 Å². The SMILES string of the molecule is CC1([C@H](O)c2cccc3ccccc23)Sc2ccc3ccccc3c2-c2c(ccc3ccccc23)S1. The van der Waals surface area contributed by atoms with Crippen LogP contribution < -0.4 is 0 Å². The third-order valence-electron chi connectivity index (χ3n) is 7.27. The highest BCUT2D eigenvalue weighted by molar-refractivity contribution is 8.18. The Morgan fingerprint density at radius 3 is 1.53 bits per heavy atom. The van der Waals surface area contributed by atoms with Crippen molar-refractivity contribution in [2.75, 3.05) is 0 Å². The zero-order valence-corrected chi connectivity index (χ0v) is 21.4. The maximum absolute atomic E-state index is 12.1. The highest BCUT2D eigenvalue weighted by Gasteiger charge is 2.41. The third-order valence-corrected chi connectivity index (χ3v) is 10.1. The first-order valence-electron chi connectivity index (χ1n) is 12.2. The lowest BCUT2D eigenvalue weighted by atomic mass is 9.94. The highest BCUT2D eigenvalue weighted by atomic mass is 32.2. The van der Waals surface area contributed by atoms with Gasteiger partial charge in [0.15, 0.2) is 0 Å². The van der Waals surface area contributed by atoms with Crippen LogP contribution in [0.5, 0.6) is 0 Å². The van der Waals surface area contributed by atoms with Crippen LogP contribution in [0.15, 0.2) is 125 Å². The lowest BCUT2D eigenvalue weighted by molar-refractivity contribution is 0.171. The minimum absolute atomic E-state index is 0.533. The summed E-state index contributed by atoms with van der Waals surface area (Å²) >= 11 is 3.57. The Labute approximate surface area is 219 Å². The van der Waals surface area contributed by atoms with Gasteiger partial charge in [-0.25, -0.2) is 0 Å². The van der Waals surface area contributed by atoms with Gasteiger partial charge in [-0.15, -0.1) is 23.5 Å². The molecule has 174 valence electrons. The molecule has 0 saturated heterocycles. The van der Waals surface area contributed by atoms with Gasteiger partial charge in [0, 0.05) is 20.9 Å². The van der Waals surface area contributed by atoms with E-state index in [1.165, 1.54) is 42.5 Å². The molecule has 0 spiro atoms. The maximum Gasteiger partial charge on any atom is 0.104 e. The summed E-state index contributed by atoms with van der Waals surface area (Å²) in [5, 5.41) is 19.3. The van der Waals surface area contributed by atoms with Gasteiger partial charge >= 0.3 is 0 Å². The summed E-state index contributed by atoms with van der Waals surface area (Å²) in [6, 6.07) is 40.8. The van der Waals surface area contributed by atoms with Crippen molar-refractivity contribution in [3.05, 3.63) is 121 Å². The van der Waals surface area contributed by atoms with Crippen LogP contribution in [0.25, 0.3) is 43.4 Å². The number of aliphatic hydroxyl groups excluding tert-OH is 1. The Balaban J connectivity index is 1.51. The molecule has 1 aliphatic heterocycles. The van der Waals surface area contributed by atoms with E-state index >= 15 is 0 Å². The van der Waals surface area contributed by atoms with Crippen molar-refractivity contribution in [2.24, 2.45) is 0 Å². The van der Waals surface area contributed by atoms with Crippen LogP contribution in [0.2, 0.25) is 0 Å². The molecular weight excluding hydrogens is 476 g/mol. The van der Waals surface area contributed by atoms with E-state index in [4.69, 9.17) is 0 Å². The number of rotatable bonds is 2. The molecule has 0 fully saturated rings. The zero-order chi connectivity index (χ0) is 24.3. The smallest absolute Gasteiger partial charge is 0.104 e. The number of benzene rings is 6. The predicted molar refractivity (Wildman–Crippen MR) is 156 cm³/mol. The molecule has 3 heteroatoms. The Bertz CT molecular complexity index is 1700. The highest BCUT2D eigenvalue weighted by Crippen LogP contribution is 2.60. The molecule has 6 aromatic rings. The van der Waals surface area contributed by atoms with E-state index in [0.717, 1.165) is 16.3 Å². The summed E-state index contributed by atoms with van der Waals surface area (Å²) in [4.78, 5) is 2.41. The Morgan fingerprint density at radius 1 is 0.528 bits per heavy atom. The molecule has 0 radical (unpaired) electrons. The van der Waals surface area contributed by atoms with Crippen molar-refractivity contribution in [1.29, 1.82) is 0 Å². The summed E-state index contributed by atoms with van der Waals surface area (Å²) in [6.07, 6.45) is -0.671. The van der Waals surface area contributed by atoms with Crippen LogP contribution >= 0.6 is 23.5 Å². The molecule has 0 unspecified atom stereocenters. The molecule has 0 saturated carbocycles. The van der Waals surface area contributed by atoms with Crippen LogP contribution in [-0.2, 0) is 0 Å². The molecule has 1 aliphatic rings. The Hall–Kier alpha value is -3.24. The first-order valence-corrected chi connectivity index (χ1v) is 13.8. The number of hydrogen-bond acceptors (Lipinski definition) is 3. The van der Waals surface area contributed by atoms with Gasteiger partial charge in [0.1, 0.15) is 6.10 Å². The Kier molecular flexibility index (Phi) is 5.14. The van der Waals surface area contributed by atoms with Gasteiger partial charge in [0.05, 0.1) is 4.08 Å². The maximum atomic E-state index is 12.1. The monoisotopic (exact) mass is 500 g/mol. The van der Waals surface area contributed by atoms with Crippen molar-refractivity contribution in [1.82, 2.24) is 0 Å². The van der Waals surface area contributed by atoms with Crippen molar-refractivity contribution >= 4 is 55.8 Å². The molecule has 1 N–H and O–H groups in total. The van der Waals surface area contributed by atoms with Crippen LogP contribution in [-0.4, -0.2) is 9.19 Å². The van der Waals surface area contributed by atoms with E-state index in [1.807, 2.05) is 0 Å². The standard InChI is InChI=1S/C33H24OS2/c1-33(32(34)27-16-8-12-21-9-2-5-13-24(21)27)35-28-19-17-22-10-3-6-14-25(22)30(28)31-26-15-7-4-11-23(26)18-20-29(31)36-33/h2-20,32,34H,1H3/t32-/m1/s1. The molecule has 6 aromatic carbocycles. The first kappa shape index (κ1) is 22.0. The van der Waals surface area contributed by atoms with E-state index in [-0.39, 0.29) is 0 Å². The molecule has 0 bridgehead atoms. The van der Waals surface area contributed by atoms with Gasteiger partial charge in [-0.2, -0.15) is 0 Å². The third kappa shape index (κ3) is 3.38. The lowest BCUT2D eigenvalue weighted by Gasteiger charge is -2.33. The summed E-state index contributed by atoms with van der Waals surface area (Å²) in [5.74, 6) is 0. The summed E-state index contributed by atoms with van der Waals surface area (Å²) in [7, 11) is 0. The topological polar surface area (TPSA) is 20.2 Å². The van der Waals surface area contributed by atoms with Crippen molar-refractivity contribution < 1.29 is 5.11 Å². The summed E-state index contributed by atoms with van der Waals surface area (Å²) in [6.45, 7) is 2.19. The summed E-state index contributed by atoms with van der Waals surface area (Å²) in [5.41, 5.74) is 3.51. The molecular formula is C33H24OS2. The quantitative estimate of drug-likeness (QED) is 0.256. The van der Waals surface area contributed by atoms with Crippen molar-refractivity contribution in [2.45, 2.75) is 26.9 Å². The van der Waals surface area contributed by atoms with Crippen LogP contribution in [0.4, 0.5) is 0 Å². The van der Waals surface area contributed by atoms with Crippen LogP contribution in [0, 0.1) is 0 Å². The minimum Gasteiger partial charge on any atom is -0.386 e. The van der Waals surface area contributed by atoms with Crippen LogP contribution in [0.1, 0.15) is 18.6 Å². The molecule has 0 aromatic heterocycles. The van der Waals surface area contributed by atoms with Gasteiger partial charge in [-0.05, 0) is 56.9 Å². The second-order valence-electron chi connectivity index (χ2n) is 9.51. The van der Waals surface area contributed by atoms with Crippen LogP contribution in [0.3, 0.4) is 0 Å². The largest absolute Gasteiger partial charge is 0.386 e. The number of aliphatic hydroxyl groups is 1. The summed E-state index contributed by atoms with van der Waals surface area (Å²) < 4.78 is -0.533. The molecule has 0 amide bonds. The molecule has 1 heterocycles. The normalized spacial score (nSPS) is 15.4. The molecule has 7 rings (SSSR count). The fourth-order valence-electron chi connectivity index (χ4n) is 5.53. The molecule has 1 atom stereocenters. The van der Waals surface area contributed by atoms with E-state index in [0.29, 0.717) is 0 Å². The minimum atomic E-state index is -0.671. The number of thioether (sulfide) groups is 2. The predicted octanol–water partition coefficient (Wildman–Crippen LogP) is 9.46.